The SMILES string of the molecule is CCOC[C@H]1O[C@@H](n2cc(C)c(=O)[nH]c2=O)C[C@]1(C)OCC. The Morgan fingerprint density at radius 2 is 2.14 bits per heavy atom. The van der Waals surface area contributed by atoms with Gasteiger partial charge in [-0.15, -0.1) is 0 Å². The highest BCUT2D eigenvalue weighted by Crippen LogP contribution is 2.38. The summed E-state index contributed by atoms with van der Waals surface area (Å²) in [5, 5.41) is 0. The molecule has 1 aliphatic rings. The molecule has 2 rings (SSSR count). The van der Waals surface area contributed by atoms with Gasteiger partial charge in [-0.3, -0.25) is 14.3 Å². The summed E-state index contributed by atoms with van der Waals surface area (Å²) in [5.41, 5.74) is -0.915. The average Bonchev–Trinajstić information content (AvgIpc) is 2.77. The summed E-state index contributed by atoms with van der Waals surface area (Å²) >= 11 is 0. The molecule has 124 valence electrons. The van der Waals surface area contributed by atoms with E-state index in [4.69, 9.17) is 14.2 Å². The van der Waals surface area contributed by atoms with E-state index in [-0.39, 0.29) is 11.7 Å². The van der Waals surface area contributed by atoms with Crippen LogP contribution >= 0.6 is 0 Å². The molecule has 1 fully saturated rings. The molecule has 0 amide bonds. The molecule has 1 aromatic rings. The van der Waals surface area contributed by atoms with Crippen LogP contribution in [-0.2, 0) is 14.2 Å². The largest absolute Gasteiger partial charge is 0.379 e. The van der Waals surface area contributed by atoms with Crippen LogP contribution in [-0.4, -0.2) is 41.1 Å². The molecule has 0 unspecified atom stereocenters. The number of aromatic nitrogens is 2. The van der Waals surface area contributed by atoms with Crippen molar-refractivity contribution in [3.8, 4) is 0 Å². The first-order valence-corrected chi connectivity index (χ1v) is 7.60. The van der Waals surface area contributed by atoms with Gasteiger partial charge in [0.1, 0.15) is 12.3 Å². The van der Waals surface area contributed by atoms with Gasteiger partial charge in [0.2, 0.25) is 0 Å². The van der Waals surface area contributed by atoms with Crippen molar-refractivity contribution in [2.24, 2.45) is 0 Å². The lowest BCUT2D eigenvalue weighted by Crippen LogP contribution is -2.41. The van der Waals surface area contributed by atoms with Crippen molar-refractivity contribution in [1.82, 2.24) is 9.55 Å². The minimum Gasteiger partial charge on any atom is -0.379 e. The van der Waals surface area contributed by atoms with Crippen LogP contribution in [0, 0.1) is 6.92 Å². The summed E-state index contributed by atoms with van der Waals surface area (Å²) in [6, 6.07) is 0. The third-order valence-corrected chi connectivity index (χ3v) is 3.99. The number of nitrogens with zero attached hydrogens (tertiary/aromatic N) is 1. The maximum absolute atomic E-state index is 12.0. The third-order valence-electron chi connectivity index (χ3n) is 3.99. The van der Waals surface area contributed by atoms with Crippen molar-refractivity contribution in [2.75, 3.05) is 19.8 Å². The second kappa shape index (κ2) is 6.76. The monoisotopic (exact) mass is 312 g/mol. The molecule has 0 bridgehead atoms. The van der Waals surface area contributed by atoms with Crippen LogP contribution < -0.4 is 11.2 Å². The molecule has 0 aliphatic carbocycles. The fraction of sp³-hybridized carbons (Fsp3) is 0.733. The van der Waals surface area contributed by atoms with Crippen LogP contribution in [0.25, 0.3) is 0 Å². The Kier molecular flexibility index (Phi) is 5.20. The predicted molar refractivity (Wildman–Crippen MR) is 81.1 cm³/mol. The van der Waals surface area contributed by atoms with Gasteiger partial charge < -0.3 is 14.2 Å². The zero-order valence-electron chi connectivity index (χ0n) is 13.5. The first-order valence-electron chi connectivity index (χ1n) is 7.60. The number of H-pyrrole nitrogens is 1. The number of aryl methyl sites for hydroxylation is 1. The van der Waals surface area contributed by atoms with Crippen LogP contribution in [0.15, 0.2) is 15.8 Å². The van der Waals surface area contributed by atoms with Gasteiger partial charge in [-0.25, -0.2) is 4.79 Å². The van der Waals surface area contributed by atoms with Crippen LogP contribution in [0.3, 0.4) is 0 Å². The fourth-order valence-electron chi connectivity index (χ4n) is 2.75. The molecule has 1 aliphatic heterocycles. The summed E-state index contributed by atoms with van der Waals surface area (Å²) in [5.74, 6) is 0. The Bertz CT molecular complexity index is 623. The Labute approximate surface area is 129 Å². The molecular formula is C15H24N2O5. The molecule has 7 nitrogen and oxygen atoms in total. The second-order valence-corrected chi connectivity index (χ2v) is 5.67. The van der Waals surface area contributed by atoms with E-state index in [1.165, 1.54) is 10.8 Å². The van der Waals surface area contributed by atoms with Crippen LogP contribution in [0.2, 0.25) is 0 Å². The molecule has 0 radical (unpaired) electrons. The van der Waals surface area contributed by atoms with E-state index in [1.807, 2.05) is 20.8 Å². The number of rotatable bonds is 6. The summed E-state index contributed by atoms with van der Waals surface area (Å²) in [4.78, 5) is 25.8. The molecule has 7 heteroatoms. The minimum atomic E-state index is -0.530. The van der Waals surface area contributed by atoms with Gasteiger partial charge in [-0.1, -0.05) is 0 Å². The lowest BCUT2D eigenvalue weighted by atomic mass is 9.97. The molecular weight excluding hydrogens is 288 g/mol. The Morgan fingerprint density at radius 3 is 2.77 bits per heavy atom. The van der Waals surface area contributed by atoms with Crippen LogP contribution in [0.1, 0.15) is 39.0 Å². The topological polar surface area (TPSA) is 82.5 Å². The van der Waals surface area contributed by atoms with E-state index in [9.17, 15) is 9.59 Å². The molecule has 3 atom stereocenters. The molecule has 0 saturated carbocycles. The molecule has 2 heterocycles. The second-order valence-electron chi connectivity index (χ2n) is 5.67. The lowest BCUT2D eigenvalue weighted by Gasteiger charge is -2.29. The Hall–Kier alpha value is -1.44. The number of nitrogens with one attached hydrogen (secondary N) is 1. The zero-order valence-corrected chi connectivity index (χ0v) is 13.5. The van der Waals surface area contributed by atoms with Gasteiger partial charge in [0.15, 0.2) is 0 Å². The highest BCUT2D eigenvalue weighted by molar-refractivity contribution is 5.03. The van der Waals surface area contributed by atoms with E-state index in [2.05, 4.69) is 4.98 Å². The van der Waals surface area contributed by atoms with E-state index in [0.717, 1.165) is 0 Å². The maximum atomic E-state index is 12.0. The van der Waals surface area contributed by atoms with Gasteiger partial charge in [0.05, 0.1) is 12.2 Å². The normalized spacial score (nSPS) is 28.2. The molecule has 1 aromatic heterocycles. The highest BCUT2D eigenvalue weighted by Gasteiger charge is 2.47. The van der Waals surface area contributed by atoms with Crippen molar-refractivity contribution in [3.63, 3.8) is 0 Å². The van der Waals surface area contributed by atoms with Crippen molar-refractivity contribution >= 4 is 0 Å². The van der Waals surface area contributed by atoms with Gasteiger partial charge in [-0.05, 0) is 27.7 Å². The standard InChI is InChI=1S/C15H24N2O5/c1-5-20-9-11-15(4,21-6-2)7-12(22-11)17-8-10(3)13(18)16-14(17)19/h8,11-12H,5-7,9H2,1-4H3,(H,16,18,19)/t11-,12-,15+/m1/s1. The van der Waals surface area contributed by atoms with Crippen molar-refractivity contribution < 1.29 is 14.2 Å². The van der Waals surface area contributed by atoms with Crippen LogP contribution in [0.5, 0.6) is 0 Å². The third kappa shape index (κ3) is 3.31. The molecule has 1 N–H and O–H groups in total. The van der Waals surface area contributed by atoms with Crippen molar-refractivity contribution in [2.45, 2.75) is 52.0 Å². The van der Waals surface area contributed by atoms with Gasteiger partial charge in [-0.2, -0.15) is 0 Å². The summed E-state index contributed by atoms with van der Waals surface area (Å²) in [6.45, 7) is 9.00. The number of ether oxygens (including phenoxy) is 3. The summed E-state index contributed by atoms with van der Waals surface area (Å²) in [7, 11) is 0. The molecule has 1 saturated heterocycles. The van der Waals surface area contributed by atoms with Crippen LogP contribution in [0.4, 0.5) is 0 Å². The van der Waals surface area contributed by atoms with Crippen molar-refractivity contribution in [3.05, 3.63) is 32.6 Å². The van der Waals surface area contributed by atoms with E-state index >= 15 is 0 Å². The highest BCUT2D eigenvalue weighted by atomic mass is 16.6. The maximum Gasteiger partial charge on any atom is 0.330 e. The molecule has 0 aromatic carbocycles. The minimum absolute atomic E-state index is 0.267. The average molecular weight is 312 g/mol. The quantitative estimate of drug-likeness (QED) is 0.846. The van der Waals surface area contributed by atoms with Gasteiger partial charge >= 0.3 is 5.69 Å². The first kappa shape index (κ1) is 16.9. The first-order chi connectivity index (χ1) is 10.4. The molecule has 22 heavy (non-hydrogen) atoms. The Morgan fingerprint density at radius 1 is 1.41 bits per heavy atom. The van der Waals surface area contributed by atoms with Crippen molar-refractivity contribution in [1.29, 1.82) is 0 Å². The fourth-order valence-corrected chi connectivity index (χ4v) is 2.75. The summed E-state index contributed by atoms with van der Waals surface area (Å²) in [6.07, 6.45) is 1.30. The zero-order chi connectivity index (χ0) is 16.3. The van der Waals surface area contributed by atoms with Gasteiger partial charge in [0, 0.05) is 31.4 Å². The summed E-state index contributed by atoms with van der Waals surface area (Å²) < 4.78 is 18.7. The Balaban J connectivity index is 2.29. The van der Waals surface area contributed by atoms with E-state index in [0.29, 0.717) is 31.8 Å². The van der Waals surface area contributed by atoms with E-state index < -0.39 is 17.5 Å². The number of hydrogen-bond acceptors (Lipinski definition) is 5. The smallest absolute Gasteiger partial charge is 0.330 e. The lowest BCUT2D eigenvalue weighted by molar-refractivity contribution is -0.113. The number of hydrogen-bond donors (Lipinski definition) is 1. The van der Waals surface area contributed by atoms with E-state index in [1.54, 1.807) is 6.92 Å². The predicted octanol–water partition coefficient (Wildman–Crippen LogP) is 0.964. The van der Waals surface area contributed by atoms with Gasteiger partial charge in [0.25, 0.3) is 5.56 Å². The molecule has 0 spiro atoms. The number of aromatic amines is 1.